The highest BCUT2D eigenvalue weighted by Crippen LogP contribution is 2.36. The number of carbonyl (C=O) groups is 3. The molecule has 41 heavy (non-hydrogen) atoms. The number of hydrogen-bond acceptors (Lipinski definition) is 6. The summed E-state index contributed by atoms with van der Waals surface area (Å²) in [5.74, 6) is -0.985. The number of nitrogens with one attached hydrogen (secondary N) is 2. The number of hydrazone groups is 1. The van der Waals surface area contributed by atoms with Gasteiger partial charge in [-0.2, -0.15) is 5.10 Å². The van der Waals surface area contributed by atoms with Crippen molar-refractivity contribution in [1.82, 2.24) is 5.43 Å². The molecule has 0 aliphatic carbocycles. The first-order chi connectivity index (χ1) is 19.8. The Morgan fingerprint density at radius 1 is 0.829 bits per heavy atom. The van der Waals surface area contributed by atoms with Gasteiger partial charge in [0, 0.05) is 32.5 Å². The highest BCUT2D eigenvalue weighted by molar-refractivity contribution is 7.21. The Balaban J connectivity index is 1.22. The maximum Gasteiger partial charge on any atom is 0.355 e. The second kappa shape index (κ2) is 12.2. The first-order valence-corrected chi connectivity index (χ1v) is 13.8. The minimum Gasteiger partial charge on any atom is -0.422 e. The maximum atomic E-state index is 13.0. The van der Waals surface area contributed by atoms with Gasteiger partial charge >= 0.3 is 5.97 Å². The summed E-state index contributed by atoms with van der Waals surface area (Å²) in [7, 11) is 0. The van der Waals surface area contributed by atoms with Gasteiger partial charge in [0.25, 0.3) is 11.8 Å². The molecule has 2 N–H and O–H groups in total. The van der Waals surface area contributed by atoms with Crippen LogP contribution in [0.1, 0.15) is 47.1 Å². The number of carbonyl (C=O) groups excluding carboxylic acids is 3. The molecule has 0 bridgehead atoms. The molecule has 0 aliphatic heterocycles. The van der Waals surface area contributed by atoms with Crippen LogP contribution in [0.2, 0.25) is 5.02 Å². The van der Waals surface area contributed by atoms with Crippen molar-refractivity contribution in [3.05, 3.63) is 129 Å². The Kier molecular flexibility index (Phi) is 8.24. The molecule has 0 saturated carbocycles. The molecular formula is C32H24ClN3O4S. The van der Waals surface area contributed by atoms with E-state index >= 15 is 0 Å². The van der Waals surface area contributed by atoms with Crippen LogP contribution in [0, 0.1) is 13.8 Å². The molecule has 7 nitrogen and oxygen atoms in total. The third-order valence-corrected chi connectivity index (χ3v) is 7.78. The fourth-order valence-electron chi connectivity index (χ4n) is 4.05. The number of nitrogens with zero attached hydrogens (tertiary/aromatic N) is 1. The van der Waals surface area contributed by atoms with E-state index in [1.165, 1.54) is 17.6 Å². The van der Waals surface area contributed by atoms with Crippen molar-refractivity contribution < 1.29 is 19.1 Å². The summed E-state index contributed by atoms with van der Waals surface area (Å²) in [5, 5.41) is 8.00. The number of aryl methyl sites for hydroxylation is 2. The Labute approximate surface area is 245 Å². The summed E-state index contributed by atoms with van der Waals surface area (Å²) in [6.07, 6.45) is 1.40. The van der Waals surface area contributed by atoms with Crippen LogP contribution in [0.5, 0.6) is 5.75 Å². The molecule has 0 spiro atoms. The van der Waals surface area contributed by atoms with E-state index in [-0.39, 0.29) is 11.7 Å². The Bertz CT molecular complexity index is 1810. The number of ether oxygens (including phenoxy) is 1. The molecular weight excluding hydrogens is 558 g/mol. The van der Waals surface area contributed by atoms with Crippen LogP contribution in [0.3, 0.4) is 0 Å². The minimum atomic E-state index is -0.576. The van der Waals surface area contributed by atoms with Gasteiger partial charge in [-0.1, -0.05) is 53.6 Å². The molecule has 9 heteroatoms. The number of thiophene rings is 1. The number of halogens is 1. The number of esters is 1. The van der Waals surface area contributed by atoms with Crippen molar-refractivity contribution in [3.8, 4) is 5.75 Å². The molecule has 0 aliphatic rings. The van der Waals surface area contributed by atoms with Crippen molar-refractivity contribution in [1.29, 1.82) is 0 Å². The molecule has 2 amide bonds. The number of anilines is 1. The first-order valence-electron chi connectivity index (χ1n) is 12.6. The van der Waals surface area contributed by atoms with E-state index in [4.69, 9.17) is 16.3 Å². The van der Waals surface area contributed by atoms with Crippen LogP contribution in [0.15, 0.2) is 96.1 Å². The monoisotopic (exact) mass is 581 g/mol. The van der Waals surface area contributed by atoms with Gasteiger partial charge in [-0.05, 0) is 74.0 Å². The predicted octanol–water partition coefficient (Wildman–Crippen LogP) is 7.41. The van der Waals surface area contributed by atoms with Crippen molar-refractivity contribution in [3.63, 3.8) is 0 Å². The number of hydrogen-bond donors (Lipinski definition) is 2. The molecule has 0 radical (unpaired) electrons. The van der Waals surface area contributed by atoms with E-state index in [1.807, 2.05) is 44.2 Å². The largest absolute Gasteiger partial charge is 0.422 e. The average molecular weight is 582 g/mol. The molecule has 4 aromatic carbocycles. The zero-order valence-electron chi connectivity index (χ0n) is 22.1. The lowest BCUT2D eigenvalue weighted by molar-refractivity contribution is 0.0739. The van der Waals surface area contributed by atoms with Gasteiger partial charge in [0.15, 0.2) is 0 Å². The van der Waals surface area contributed by atoms with Gasteiger partial charge in [0.2, 0.25) is 0 Å². The fraction of sp³-hybridized carbons (Fsp3) is 0.0625. The molecule has 0 atom stereocenters. The molecule has 0 unspecified atom stereocenters. The zero-order chi connectivity index (χ0) is 28.9. The molecule has 0 fully saturated rings. The summed E-state index contributed by atoms with van der Waals surface area (Å²) >= 11 is 7.74. The zero-order valence-corrected chi connectivity index (χ0v) is 23.7. The van der Waals surface area contributed by atoms with E-state index in [0.29, 0.717) is 32.3 Å². The lowest BCUT2D eigenvalue weighted by atomic mass is 10.1. The molecule has 204 valence electrons. The highest BCUT2D eigenvalue weighted by atomic mass is 35.5. The van der Waals surface area contributed by atoms with Gasteiger partial charge in [-0.3, -0.25) is 9.59 Å². The SMILES string of the molecule is Cc1cccc(C(=O)Nc2ccc(C(=O)N/N=C\c3ccccc3OC(=O)c3sc4cc(C)ccc4c3Cl)cc2)c1. The predicted molar refractivity (Wildman–Crippen MR) is 164 cm³/mol. The fourth-order valence-corrected chi connectivity index (χ4v) is 5.53. The summed E-state index contributed by atoms with van der Waals surface area (Å²) in [6, 6.07) is 26.4. The normalized spacial score (nSPS) is 11.0. The van der Waals surface area contributed by atoms with E-state index < -0.39 is 11.9 Å². The number of amides is 2. The van der Waals surface area contributed by atoms with E-state index in [1.54, 1.807) is 60.7 Å². The number of fused-ring (bicyclic) bond motifs is 1. The van der Waals surface area contributed by atoms with Gasteiger partial charge < -0.3 is 10.1 Å². The third-order valence-electron chi connectivity index (χ3n) is 6.15. The lowest BCUT2D eigenvalue weighted by Crippen LogP contribution is -2.18. The summed E-state index contributed by atoms with van der Waals surface area (Å²) in [6.45, 7) is 3.89. The average Bonchev–Trinajstić information content (AvgIpc) is 3.29. The third kappa shape index (κ3) is 6.51. The Morgan fingerprint density at radius 3 is 2.37 bits per heavy atom. The second-order valence-electron chi connectivity index (χ2n) is 9.27. The summed E-state index contributed by atoms with van der Waals surface area (Å²) < 4.78 is 6.55. The second-order valence-corrected chi connectivity index (χ2v) is 10.7. The molecule has 5 aromatic rings. The van der Waals surface area contributed by atoms with E-state index in [0.717, 1.165) is 21.2 Å². The van der Waals surface area contributed by atoms with Crippen LogP contribution in [-0.4, -0.2) is 24.0 Å². The number of benzene rings is 4. The number of para-hydroxylation sites is 1. The minimum absolute atomic E-state index is 0.236. The molecule has 1 heterocycles. The van der Waals surface area contributed by atoms with E-state index in [2.05, 4.69) is 15.8 Å². The van der Waals surface area contributed by atoms with Gasteiger partial charge in [-0.25, -0.2) is 10.2 Å². The van der Waals surface area contributed by atoms with Crippen molar-refractivity contribution in [2.75, 3.05) is 5.32 Å². The Morgan fingerprint density at radius 2 is 1.59 bits per heavy atom. The lowest BCUT2D eigenvalue weighted by Gasteiger charge is -2.07. The van der Waals surface area contributed by atoms with E-state index in [9.17, 15) is 14.4 Å². The van der Waals surface area contributed by atoms with Crippen molar-refractivity contribution in [2.24, 2.45) is 5.10 Å². The first kappa shape index (κ1) is 27.8. The summed E-state index contributed by atoms with van der Waals surface area (Å²) in [4.78, 5) is 38.3. The quantitative estimate of drug-likeness (QED) is 0.0905. The highest BCUT2D eigenvalue weighted by Gasteiger charge is 2.20. The smallest absolute Gasteiger partial charge is 0.355 e. The van der Waals surface area contributed by atoms with Gasteiger partial charge in [-0.15, -0.1) is 11.3 Å². The topological polar surface area (TPSA) is 96.9 Å². The summed E-state index contributed by atoms with van der Waals surface area (Å²) in [5.41, 5.74) is 6.47. The molecule has 0 saturated heterocycles. The van der Waals surface area contributed by atoms with Crippen LogP contribution >= 0.6 is 22.9 Å². The number of rotatable bonds is 7. The standard InChI is InChI=1S/C32H24ClN3O4S/c1-19-6-5-8-22(16-19)30(37)35-24-13-11-21(12-14-24)31(38)36-34-18-23-7-3-4-9-26(23)40-32(39)29-28(33)25-15-10-20(2)17-27(25)41-29/h3-18H,1-2H3,(H,35,37)(H,36,38)/b34-18-. The van der Waals surface area contributed by atoms with Gasteiger partial charge in [0.1, 0.15) is 10.6 Å². The van der Waals surface area contributed by atoms with Crippen molar-refractivity contribution >= 4 is 62.7 Å². The maximum absolute atomic E-state index is 13.0. The van der Waals surface area contributed by atoms with Gasteiger partial charge in [0.05, 0.1) is 11.2 Å². The van der Waals surface area contributed by atoms with Crippen LogP contribution in [0.25, 0.3) is 10.1 Å². The Hall–Kier alpha value is -4.79. The van der Waals surface area contributed by atoms with Crippen LogP contribution in [0.4, 0.5) is 5.69 Å². The molecule has 1 aromatic heterocycles. The van der Waals surface area contributed by atoms with Crippen molar-refractivity contribution in [2.45, 2.75) is 13.8 Å². The molecule has 5 rings (SSSR count). The van der Waals surface area contributed by atoms with Crippen LogP contribution < -0.4 is 15.5 Å². The van der Waals surface area contributed by atoms with Crippen LogP contribution in [-0.2, 0) is 0 Å².